The van der Waals surface area contributed by atoms with Crippen molar-refractivity contribution in [3.05, 3.63) is 53.6 Å². The summed E-state index contributed by atoms with van der Waals surface area (Å²) in [7, 11) is -3.70. The smallest absolute Gasteiger partial charge is 0.207 e. The fourth-order valence-corrected chi connectivity index (χ4v) is 3.23. The van der Waals surface area contributed by atoms with Crippen molar-refractivity contribution < 1.29 is 8.42 Å². The van der Waals surface area contributed by atoms with Crippen LogP contribution in [0.5, 0.6) is 0 Å². The van der Waals surface area contributed by atoms with E-state index < -0.39 is 9.84 Å². The Kier molecular flexibility index (Phi) is 3.28. The highest BCUT2D eigenvalue weighted by atomic mass is 32.2. The third-order valence-electron chi connectivity index (χ3n) is 2.83. The van der Waals surface area contributed by atoms with Gasteiger partial charge in [-0.3, -0.25) is 0 Å². The van der Waals surface area contributed by atoms with Crippen LogP contribution in [0.1, 0.15) is 11.1 Å². The molecule has 0 saturated carbocycles. The molecule has 0 unspecified atom stereocenters. The normalized spacial score (nSPS) is 10.9. The first-order chi connectivity index (χ1) is 8.96. The maximum atomic E-state index is 12.5. The lowest BCUT2D eigenvalue weighted by atomic mass is 10.1. The number of hydrogen-bond acceptors (Lipinski definition) is 4. The Morgan fingerprint density at radius 1 is 1.16 bits per heavy atom. The van der Waals surface area contributed by atoms with Gasteiger partial charge in [-0.1, -0.05) is 18.2 Å². The van der Waals surface area contributed by atoms with Crippen molar-refractivity contribution in [1.82, 2.24) is 0 Å². The fourth-order valence-electron chi connectivity index (χ4n) is 1.73. The van der Waals surface area contributed by atoms with E-state index in [1.165, 1.54) is 24.3 Å². The predicted octanol–water partition coefficient (Wildman–Crippen LogP) is 2.28. The summed E-state index contributed by atoms with van der Waals surface area (Å²) in [4.78, 5) is 0.156. The topological polar surface area (TPSA) is 84.0 Å². The van der Waals surface area contributed by atoms with E-state index in [-0.39, 0.29) is 15.4 Å². The second-order valence-corrected chi connectivity index (χ2v) is 6.05. The third-order valence-corrected chi connectivity index (χ3v) is 4.64. The molecule has 0 bridgehead atoms. The Balaban J connectivity index is 2.73. The highest BCUT2D eigenvalue weighted by molar-refractivity contribution is 7.91. The standard InChI is InChI=1S/C14H12N2O2S/c1-10-7-14(11(9-15)8-13(10)16)19(17,18)12-5-3-2-4-6-12/h2-8H,16H2,1H3. The minimum Gasteiger partial charge on any atom is -0.398 e. The van der Waals surface area contributed by atoms with Gasteiger partial charge in [0.2, 0.25) is 9.84 Å². The minimum atomic E-state index is -3.70. The van der Waals surface area contributed by atoms with E-state index in [4.69, 9.17) is 11.0 Å². The van der Waals surface area contributed by atoms with Crippen LogP contribution in [0.3, 0.4) is 0 Å². The number of aryl methyl sites for hydroxylation is 1. The van der Waals surface area contributed by atoms with Gasteiger partial charge < -0.3 is 5.73 Å². The summed E-state index contributed by atoms with van der Waals surface area (Å²) in [5.41, 5.74) is 6.80. The SMILES string of the molecule is Cc1cc(S(=O)(=O)c2ccccc2)c(C#N)cc1N. The van der Waals surface area contributed by atoms with Gasteiger partial charge in [-0.25, -0.2) is 8.42 Å². The van der Waals surface area contributed by atoms with Crippen LogP contribution < -0.4 is 5.73 Å². The van der Waals surface area contributed by atoms with Crippen molar-refractivity contribution in [3.63, 3.8) is 0 Å². The van der Waals surface area contributed by atoms with E-state index in [0.29, 0.717) is 11.3 Å². The van der Waals surface area contributed by atoms with Gasteiger partial charge in [-0.15, -0.1) is 0 Å². The molecule has 4 nitrogen and oxygen atoms in total. The Morgan fingerprint density at radius 2 is 1.79 bits per heavy atom. The summed E-state index contributed by atoms with van der Waals surface area (Å²) in [6, 6.07) is 12.7. The second-order valence-electron chi connectivity index (χ2n) is 4.13. The Labute approximate surface area is 112 Å². The number of sulfone groups is 1. The minimum absolute atomic E-state index is 0.00657. The van der Waals surface area contributed by atoms with Gasteiger partial charge in [0.1, 0.15) is 6.07 Å². The zero-order valence-electron chi connectivity index (χ0n) is 10.3. The molecule has 0 fully saturated rings. The summed E-state index contributed by atoms with van der Waals surface area (Å²) in [6.45, 7) is 1.71. The lowest BCUT2D eigenvalue weighted by molar-refractivity contribution is 0.596. The molecule has 96 valence electrons. The van der Waals surface area contributed by atoms with Crippen LogP contribution >= 0.6 is 0 Å². The van der Waals surface area contributed by atoms with Gasteiger partial charge in [-0.2, -0.15) is 5.26 Å². The summed E-state index contributed by atoms with van der Waals surface area (Å²) in [5, 5.41) is 9.07. The summed E-state index contributed by atoms with van der Waals surface area (Å²) in [5.74, 6) is 0. The van der Waals surface area contributed by atoms with Gasteiger partial charge in [-0.05, 0) is 36.8 Å². The van der Waals surface area contributed by atoms with Gasteiger partial charge in [0.15, 0.2) is 0 Å². The molecule has 0 radical (unpaired) electrons. The summed E-state index contributed by atoms with van der Waals surface area (Å²) in [6.07, 6.45) is 0. The van der Waals surface area contributed by atoms with Gasteiger partial charge in [0.05, 0.1) is 15.4 Å². The van der Waals surface area contributed by atoms with E-state index in [2.05, 4.69) is 0 Å². The highest BCUT2D eigenvalue weighted by Crippen LogP contribution is 2.27. The van der Waals surface area contributed by atoms with Crippen LogP contribution in [0, 0.1) is 18.3 Å². The van der Waals surface area contributed by atoms with Gasteiger partial charge in [0.25, 0.3) is 0 Å². The van der Waals surface area contributed by atoms with Crippen LogP contribution in [0.25, 0.3) is 0 Å². The molecule has 2 aromatic carbocycles. The maximum absolute atomic E-state index is 12.5. The molecule has 0 aliphatic rings. The molecule has 0 amide bonds. The molecule has 19 heavy (non-hydrogen) atoms. The predicted molar refractivity (Wildman–Crippen MR) is 72.2 cm³/mol. The Hall–Kier alpha value is -2.32. The molecule has 0 heterocycles. The van der Waals surface area contributed by atoms with Gasteiger partial charge >= 0.3 is 0 Å². The van der Waals surface area contributed by atoms with Crippen LogP contribution in [0.4, 0.5) is 5.69 Å². The zero-order chi connectivity index (χ0) is 14.0. The third kappa shape index (κ3) is 2.30. The molecular weight excluding hydrogens is 260 g/mol. The van der Waals surface area contributed by atoms with E-state index in [9.17, 15) is 8.42 Å². The van der Waals surface area contributed by atoms with E-state index >= 15 is 0 Å². The van der Waals surface area contributed by atoms with Crippen LogP contribution in [0.15, 0.2) is 52.3 Å². The number of benzene rings is 2. The first-order valence-electron chi connectivity index (χ1n) is 5.57. The van der Waals surface area contributed by atoms with Crippen LogP contribution in [-0.4, -0.2) is 8.42 Å². The van der Waals surface area contributed by atoms with E-state index in [1.54, 1.807) is 25.1 Å². The average Bonchev–Trinajstić information content (AvgIpc) is 2.42. The van der Waals surface area contributed by atoms with Crippen molar-refractivity contribution in [3.8, 4) is 6.07 Å². The fraction of sp³-hybridized carbons (Fsp3) is 0.0714. The quantitative estimate of drug-likeness (QED) is 0.850. The number of rotatable bonds is 2. The molecule has 0 aliphatic heterocycles. The molecule has 5 heteroatoms. The highest BCUT2D eigenvalue weighted by Gasteiger charge is 2.22. The number of nitrogens with two attached hydrogens (primary N) is 1. The first kappa shape index (κ1) is 13.1. The molecule has 0 saturated heterocycles. The number of nitriles is 1. The number of hydrogen-bond donors (Lipinski definition) is 1. The Bertz CT molecular complexity index is 760. The molecule has 0 aromatic heterocycles. The van der Waals surface area contributed by atoms with E-state index in [1.807, 2.05) is 6.07 Å². The lowest BCUT2D eigenvalue weighted by Crippen LogP contribution is -2.06. The van der Waals surface area contributed by atoms with Gasteiger partial charge in [0, 0.05) is 5.69 Å². The molecule has 0 spiro atoms. The maximum Gasteiger partial charge on any atom is 0.207 e. The summed E-state index contributed by atoms with van der Waals surface area (Å²) < 4.78 is 25.0. The average molecular weight is 272 g/mol. The van der Waals surface area contributed by atoms with Crippen molar-refractivity contribution in [2.45, 2.75) is 16.7 Å². The van der Waals surface area contributed by atoms with Crippen molar-refractivity contribution in [2.75, 3.05) is 5.73 Å². The largest absolute Gasteiger partial charge is 0.398 e. The van der Waals surface area contributed by atoms with Crippen LogP contribution in [-0.2, 0) is 9.84 Å². The Morgan fingerprint density at radius 3 is 2.37 bits per heavy atom. The number of nitrogen functional groups attached to an aromatic ring is 1. The van der Waals surface area contributed by atoms with Crippen molar-refractivity contribution in [2.24, 2.45) is 0 Å². The van der Waals surface area contributed by atoms with Crippen molar-refractivity contribution >= 4 is 15.5 Å². The van der Waals surface area contributed by atoms with Crippen LogP contribution in [0.2, 0.25) is 0 Å². The molecule has 0 atom stereocenters. The first-order valence-corrected chi connectivity index (χ1v) is 7.05. The lowest BCUT2D eigenvalue weighted by Gasteiger charge is -2.09. The van der Waals surface area contributed by atoms with E-state index in [0.717, 1.165) is 0 Å². The van der Waals surface area contributed by atoms with Crippen molar-refractivity contribution in [1.29, 1.82) is 5.26 Å². The molecule has 2 aromatic rings. The zero-order valence-corrected chi connectivity index (χ0v) is 11.1. The molecule has 0 aliphatic carbocycles. The monoisotopic (exact) mass is 272 g/mol. The molecule has 2 N–H and O–H groups in total. The number of nitrogens with zero attached hydrogens (tertiary/aromatic N) is 1. The summed E-state index contributed by atoms with van der Waals surface area (Å²) >= 11 is 0. The second kappa shape index (κ2) is 4.75. The molecular formula is C14H12N2O2S. The number of anilines is 1. The molecule has 2 rings (SSSR count).